The number of hydrogen-bond acceptors (Lipinski definition) is 6. The van der Waals surface area contributed by atoms with Crippen LogP contribution in [0.5, 0.6) is 5.75 Å². The SMILES string of the molecule is CC[C@@H]1CN(Cc2cc(C(CC(=O)O)c3csc(C(=O)NC)c3)ccc2C)S(=O)(=O)c2ccccc2O1. The van der Waals surface area contributed by atoms with Gasteiger partial charge in [-0.2, -0.15) is 4.31 Å². The van der Waals surface area contributed by atoms with Gasteiger partial charge in [-0.3, -0.25) is 9.59 Å². The Hall–Kier alpha value is -3.21. The average Bonchev–Trinajstić information content (AvgIpc) is 3.33. The van der Waals surface area contributed by atoms with E-state index in [0.29, 0.717) is 17.0 Å². The zero-order valence-corrected chi connectivity index (χ0v) is 22.6. The molecule has 0 fully saturated rings. The highest BCUT2D eigenvalue weighted by molar-refractivity contribution is 7.89. The molecular weight excluding hydrogens is 512 g/mol. The summed E-state index contributed by atoms with van der Waals surface area (Å²) >= 11 is 1.26. The minimum atomic E-state index is -3.82. The summed E-state index contributed by atoms with van der Waals surface area (Å²) < 4.78 is 34.7. The number of nitrogens with zero attached hydrogens (tertiary/aromatic N) is 1. The molecule has 37 heavy (non-hydrogen) atoms. The fourth-order valence-electron chi connectivity index (χ4n) is 4.45. The first-order valence-electron chi connectivity index (χ1n) is 12.0. The van der Waals surface area contributed by atoms with Gasteiger partial charge in [-0.05, 0) is 59.2 Å². The number of benzene rings is 2. The van der Waals surface area contributed by atoms with Gasteiger partial charge >= 0.3 is 5.97 Å². The molecule has 2 N–H and O–H groups in total. The summed E-state index contributed by atoms with van der Waals surface area (Å²) in [6, 6.07) is 14.0. The molecule has 0 bridgehead atoms. The van der Waals surface area contributed by atoms with Crippen LogP contribution >= 0.6 is 11.3 Å². The highest BCUT2D eigenvalue weighted by Crippen LogP contribution is 2.35. The van der Waals surface area contributed by atoms with Gasteiger partial charge in [0.15, 0.2) is 0 Å². The maximum Gasteiger partial charge on any atom is 0.304 e. The summed E-state index contributed by atoms with van der Waals surface area (Å²) in [5.41, 5.74) is 3.17. The molecule has 2 atom stereocenters. The number of aliphatic carboxylic acids is 1. The van der Waals surface area contributed by atoms with Gasteiger partial charge in [0.25, 0.3) is 5.91 Å². The topological polar surface area (TPSA) is 113 Å². The lowest BCUT2D eigenvalue weighted by atomic mass is 9.88. The highest BCUT2D eigenvalue weighted by Gasteiger charge is 2.34. The van der Waals surface area contributed by atoms with Gasteiger partial charge in [0.05, 0.1) is 17.8 Å². The number of rotatable bonds is 8. The van der Waals surface area contributed by atoms with Crippen molar-refractivity contribution in [3.8, 4) is 5.75 Å². The second kappa shape index (κ2) is 11.0. The standard InChI is InChI=1S/C27H30N2O6S2/c1-4-21-15-29(37(33,34)25-8-6-5-7-23(25)35-21)14-19-11-18(10-9-17(19)2)22(13-26(30)31)20-12-24(36-16-20)27(32)28-3/h5-12,16,21-22H,4,13-15H2,1-3H3,(H,28,32)(H,30,31)/t21-,22?/m1/s1. The van der Waals surface area contributed by atoms with Crippen molar-refractivity contribution >= 4 is 33.2 Å². The summed E-state index contributed by atoms with van der Waals surface area (Å²) in [5.74, 6) is -1.32. The van der Waals surface area contributed by atoms with E-state index in [4.69, 9.17) is 4.74 Å². The van der Waals surface area contributed by atoms with E-state index in [1.807, 2.05) is 32.0 Å². The van der Waals surface area contributed by atoms with Crippen LogP contribution in [0.1, 0.15) is 57.6 Å². The number of carboxylic acids is 1. The van der Waals surface area contributed by atoms with Crippen molar-refractivity contribution in [3.63, 3.8) is 0 Å². The molecule has 1 unspecified atom stereocenters. The van der Waals surface area contributed by atoms with E-state index in [2.05, 4.69) is 5.32 Å². The zero-order chi connectivity index (χ0) is 26.7. The first-order valence-corrected chi connectivity index (χ1v) is 14.3. The first kappa shape index (κ1) is 26.8. The number of hydrogen-bond donors (Lipinski definition) is 2. The molecule has 0 radical (unpaired) electrons. The summed E-state index contributed by atoms with van der Waals surface area (Å²) in [5, 5.41) is 14.0. The zero-order valence-electron chi connectivity index (χ0n) is 20.9. The largest absolute Gasteiger partial charge is 0.488 e. The quantitative estimate of drug-likeness (QED) is 0.437. The van der Waals surface area contributed by atoms with E-state index in [0.717, 1.165) is 22.3 Å². The van der Waals surface area contributed by atoms with Crippen LogP contribution in [0.15, 0.2) is 58.8 Å². The average molecular weight is 543 g/mol. The van der Waals surface area contributed by atoms with Gasteiger partial charge in [-0.1, -0.05) is 37.3 Å². The smallest absolute Gasteiger partial charge is 0.304 e. The van der Waals surface area contributed by atoms with Crippen LogP contribution in [-0.4, -0.2) is 49.4 Å². The van der Waals surface area contributed by atoms with E-state index in [9.17, 15) is 23.1 Å². The third kappa shape index (κ3) is 5.71. The Bertz CT molecular complexity index is 1420. The lowest BCUT2D eigenvalue weighted by Crippen LogP contribution is -2.36. The number of aryl methyl sites for hydroxylation is 1. The number of para-hydroxylation sites is 1. The number of nitrogens with one attached hydrogen (secondary N) is 1. The number of carboxylic acid groups (broad SMARTS) is 1. The number of ether oxygens (including phenoxy) is 1. The van der Waals surface area contributed by atoms with Crippen molar-refractivity contribution in [1.29, 1.82) is 0 Å². The molecule has 0 saturated carbocycles. The number of thiophene rings is 1. The monoisotopic (exact) mass is 542 g/mol. The molecule has 4 rings (SSSR count). The van der Waals surface area contributed by atoms with Crippen molar-refractivity contribution < 1.29 is 27.9 Å². The normalized spacial score (nSPS) is 17.8. The van der Waals surface area contributed by atoms with E-state index >= 15 is 0 Å². The minimum Gasteiger partial charge on any atom is -0.488 e. The Morgan fingerprint density at radius 2 is 1.95 bits per heavy atom. The van der Waals surface area contributed by atoms with E-state index in [1.165, 1.54) is 15.6 Å². The van der Waals surface area contributed by atoms with Gasteiger partial charge in [-0.15, -0.1) is 11.3 Å². The van der Waals surface area contributed by atoms with Crippen molar-refractivity contribution in [1.82, 2.24) is 9.62 Å². The van der Waals surface area contributed by atoms with Crippen molar-refractivity contribution in [3.05, 3.63) is 81.0 Å². The molecule has 0 spiro atoms. The molecule has 196 valence electrons. The fraction of sp³-hybridized carbons (Fsp3) is 0.333. The lowest BCUT2D eigenvalue weighted by Gasteiger charge is -2.24. The van der Waals surface area contributed by atoms with E-state index in [1.54, 1.807) is 42.8 Å². The van der Waals surface area contributed by atoms with E-state index in [-0.39, 0.29) is 36.4 Å². The predicted molar refractivity (Wildman–Crippen MR) is 142 cm³/mol. The Morgan fingerprint density at radius 3 is 2.65 bits per heavy atom. The number of fused-ring (bicyclic) bond motifs is 1. The summed E-state index contributed by atoms with van der Waals surface area (Å²) in [4.78, 5) is 24.5. The van der Waals surface area contributed by atoms with Gasteiger partial charge in [0, 0.05) is 19.5 Å². The molecular formula is C27H30N2O6S2. The Kier molecular flexibility index (Phi) is 8.01. The summed E-state index contributed by atoms with van der Waals surface area (Å²) in [6.45, 7) is 4.20. The van der Waals surface area contributed by atoms with Crippen LogP contribution in [0.4, 0.5) is 0 Å². The van der Waals surface area contributed by atoms with Gasteiger partial charge in [0.2, 0.25) is 10.0 Å². The molecule has 2 aromatic carbocycles. The molecule has 1 aliphatic rings. The molecule has 10 heteroatoms. The molecule has 0 aliphatic carbocycles. The fourth-order valence-corrected chi connectivity index (χ4v) is 6.93. The third-order valence-corrected chi connectivity index (χ3v) is 9.40. The second-order valence-corrected chi connectivity index (χ2v) is 11.9. The number of sulfonamides is 1. The van der Waals surface area contributed by atoms with Gasteiger partial charge in [-0.25, -0.2) is 8.42 Å². The maximum absolute atomic E-state index is 13.6. The van der Waals surface area contributed by atoms with Crippen LogP contribution < -0.4 is 10.1 Å². The Morgan fingerprint density at radius 1 is 1.19 bits per heavy atom. The van der Waals surface area contributed by atoms with Crippen LogP contribution in [0, 0.1) is 6.92 Å². The molecule has 2 heterocycles. The molecule has 1 aliphatic heterocycles. The predicted octanol–water partition coefficient (Wildman–Crippen LogP) is 4.38. The first-order chi connectivity index (χ1) is 17.6. The van der Waals surface area contributed by atoms with Crippen LogP contribution in [0.2, 0.25) is 0 Å². The van der Waals surface area contributed by atoms with Crippen molar-refractivity contribution in [2.75, 3.05) is 13.6 Å². The summed E-state index contributed by atoms with van der Waals surface area (Å²) in [7, 11) is -2.27. The van der Waals surface area contributed by atoms with Crippen LogP contribution in [-0.2, 0) is 21.4 Å². The minimum absolute atomic E-state index is 0.128. The second-order valence-electron chi connectivity index (χ2n) is 9.05. The highest BCUT2D eigenvalue weighted by atomic mass is 32.2. The Balaban J connectivity index is 1.71. The molecule has 1 amide bonds. The number of carbonyl (C=O) groups excluding carboxylic acids is 1. The molecule has 3 aromatic rings. The third-order valence-electron chi connectivity index (χ3n) is 6.60. The van der Waals surface area contributed by atoms with Crippen molar-refractivity contribution in [2.24, 2.45) is 0 Å². The van der Waals surface area contributed by atoms with E-state index < -0.39 is 21.9 Å². The summed E-state index contributed by atoms with van der Waals surface area (Å²) in [6.07, 6.45) is 0.190. The van der Waals surface area contributed by atoms with Crippen LogP contribution in [0.3, 0.4) is 0 Å². The molecule has 8 nitrogen and oxygen atoms in total. The lowest BCUT2D eigenvalue weighted by molar-refractivity contribution is -0.137. The molecule has 0 saturated heterocycles. The van der Waals surface area contributed by atoms with Crippen molar-refractivity contribution in [2.45, 2.75) is 50.2 Å². The number of carbonyl (C=O) groups is 2. The maximum atomic E-state index is 13.6. The van der Waals surface area contributed by atoms with Gasteiger partial charge in [0.1, 0.15) is 16.7 Å². The molecule has 1 aromatic heterocycles. The van der Waals surface area contributed by atoms with Crippen LogP contribution in [0.25, 0.3) is 0 Å². The van der Waals surface area contributed by atoms with Gasteiger partial charge < -0.3 is 15.2 Å². The number of amides is 1. The Labute approximate surface area is 220 Å².